The molecule has 0 saturated carbocycles. The molecule has 0 aliphatic carbocycles. The molecular weight excluding hydrogens is 653 g/mol. The summed E-state index contributed by atoms with van der Waals surface area (Å²) in [5, 5.41) is 7.55. The van der Waals surface area contributed by atoms with E-state index < -0.39 is 0 Å². The first-order chi connectivity index (χ1) is 26.8. The molecule has 0 atom stereocenters. The molecule has 2 heteroatoms. The Balaban J connectivity index is 1.12. The summed E-state index contributed by atoms with van der Waals surface area (Å²) in [6.45, 7) is 0. The van der Waals surface area contributed by atoms with E-state index in [2.05, 4.69) is 203 Å². The third kappa shape index (κ3) is 4.17. The van der Waals surface area contributed by atoms with Gasteiger partial charge in [-0.25, -0.2) is 0 Å². The summed E-state index contributed by atoms with van der Waals surface area (Å²) >= 11 is 0. The van der Waals surface area contributed by atoms with Crippen molar-refractivity contribution >= 4 is 54.4 Å². The first-order valence-electron chi connectivity index (χ1n) is 18.7. The maximum absolute atomic E-state index is 2.51. The van der Waals surface area contributed by atoms with E-state index >= 15 is 0 Å². The van der Waals surface area contributed by atoms with Crippen molar-refractivity contribution in [3.8, 4) is 55.9 Å². The second-order valence-electron chi connectivity index (χ2n) is 14.5. The molecule has 2 aromatic heterocycles. The molecule has 0 radical (unpaired) electrons. The van der Waals surface area contributed by atoms with Crippen molar-refractivity contribution in [2.45, 2.75) is 0 Å². The van der Waals surface area contributed by atoms with Gasteiger partial charge in [0, 0.05) is 38.4 Å². The predicted octanol–water partition coefficient (Wildman–Crippen LogP) is 14.0. The Bertz CT molecular complexity index is 3320. The average Bonchev–Trinajstić information content (AvgIpc) is 3.72. The Morgan fingerprint density at radius 3 is 1.70 bits per heavy atom. The van der Waals surface area contributed by atoms with Crippen LogP contribution in [0.4, 0.5) is 0 Å². The van der Waals surface area contributed by atoms with E-state index in [1.807, 2.05) is 0 Å². The fourth-order valence-corrected chi connectivity index (χ4v) is 9.18. The second-order valence-corrected chi connectivity index (χ2v) is 14.5. The number of aromatic nitrogens is 2. The van der Waals surface area contributed by atoms with Gasteiger partial charge in [0.2, 0.25) is 0 Å². The van der Waals surface area contributed by atoms with Crippen LogP contribution in [0.15, 0.2) is 194 Å². The largest absolute Gasteiger partial charge is 0.309 e. The van der Waals surface area contributed by atoms with Gasteiger partial charge in [0.1, 0.15) is 0 Å². The number of para-hydroxylation sites is 2. The SMILES string of the molecule is c1ccc(-c2ccc3c(c2)-c2ccccc2-c2cc(-c4ccc5c(c4)c4ccccc4n5-c4ccc5ccccc5c4)cc4c5ccccc5n-3c24)cc1. The van der Waals surface area contributed by atoms with Gasteiger partial charge in [0.05, 0.1) is 27.8 Å². The maximum atomic E-state index is 2.51. The van der Waals surface area contributed by atoms with E-state index in [0.29, 0.717) is 0 Å². The van der Waals surface area contributed by atoms with Crippen LogP contribution in [0.3, 0.4) is 0 Å². The summed E-state index contributed by atoms with van der Waals surface area (Å²) in [4.78, 5) is 0. The summed E-state index contributed by atoms with van der Waals surface area (Å²) in [7, 11) is 0. The highest BCUT2D eigenvalue weighted by atomic mass is 15.0. The minimum absolute atomic E-state index is 1.18. The minimum atomic E-state index is 1.18. The van der Waals surface area contributed by atoms with Crippen LogP contribution in [0.5, 0.6) is 0 Å². The Morgan fingerprint density at radius 2 is 0.870 bits per heavy atom. The van der Waals surface area contributed by atoms with Gasteiger partial charge in [-0.1, -0.05) is 133 Å². The van der Waals surface area contributed by atoms with Gasteiger partial charge >= 0.3 is 0 Å². The van der Waals surface area contributed by atoms with Crippen LogP contribution < -0.4 is 0 Å². The Labute approximate surface area is 312 Å². The van der Waals surface area contributed by atoms with Crippen LogP contribution in [0.1, 0.15) is 0 Å². The van der Waals surface area contributed by atoms with Crippen LogP contribution >= 0.6 is 0 Å². The van der Waals surface area contributed by atoms with Crippen LogP contribution in [-0.2, 0) is 0 Å². The van der Waals surface area contributed by atoms with Crippen molar-refractivity contribution in [2.75, 3.05) is 0 Å². The molecule has 0 bridgehead atoms. The summed E-state index contributed by atoms with van der Waals surface area (Å²) in [6.07, 6.45) is 0. The Kier molecular flexibility index (Phi) is 6.09. The first-order valence-corrected chi connectivity index (χ1v) is 18.7. The van der Waals surface area contributed by atoms with E-state index in [1.165, 1.54) is 110 Å². The van der Waals surface area contributed by atoms with Gasteiger partial charge < -0.3 is 9.13 Å². The summed E-state index contributed by atoms with van der Waals surface area (Å²) in [6, 6.07) is 71.7. The Morgan fingerprint density at radius 1 is 0.278 bits per heavy atom. The molecule has 0 amide bonds. The molecule has 12 rings (SSSR count). The zero-order valence-corrected chi connectivity index (χ0v) is 29.4. The van der Waals surface area contributed by atoms with Crippen molar-refractivity contribution in [1.82, 2.24) is 9.13 Å². The summed E-state index contributed by atoms with van der Waals surface area (Å²) in [5.41, 5.74) is 17.2. The zero-order chi connectivity index (χ0) is 35.3. The van der Waals surface area contributed by atoms with Gasteiger partial charge in [-0.05, 0) is 105 Å². The van der Waals surface area contributed by atoms with Crippen LogP contribution in [0, 0.1) is 0 Å². The highest BCUT2D eigenvalue weighted by Gasteiger charge is 2.26. The van der Waals surface area contributed by atoms with Crippen molar-refractivity contribution in [1.29, 1.82) is 0 Å². The van der Waals surface area contributed by atoms with Crippen molar-refractivity contribution in [3.05, 3.63) is 194 Å². The van der Waals surface area contributed by atoms with E-state index in [9.17, 15) is 0 Å². The lowest BCUT2D eigenvalue weighted by atomic mass is 9.90. The van der Waals surface area contributed by atoms with E-state index in [1.54, 1.807) is 0 Å². The van der Waals surface area contributed by atoms with Gasteiger partial charge in [-0.2, -0.15) is 0 Å². The quantitative estimate of drug-likeness (QED) is 0.175. The van der Waals surface area contributed by atoms with Crippen molar-refractivity contribution < 1.29 is 0 Å². The molecule has 0 unspecified atom stereocenters. The maximum Gasteiger partial charge on any atom is 0.0620 e. The second kappa shape index (κ2) is 11.2. The Hall–Kier alpha value is -7.16. The van der Waals surface area contributed by atoms with Crippen LogP contribution in [0.2, 0.25) is 0 Å². The van der Waals surface area contributed by atoms with Crippen LogP contribution in [-0.4, -0.2) is 9.13 Å². The van der Waals surface area contributed by atoms with Gasteiger partial charge in [0.25, 0.3) is 0 Å². The molecule has 2 nitrogen and oxygen atoms in total. The number of benzene rings is 9. The smallest absolute Gasteiger partial charge is 0.0620 e. The predicted molar refractivity (Wildman–Crippen MR) is 228 cm³/mol. The number of hydrogen-bond acceptors (Lipinski definition) is 0. The van der Waals surface area contributed by atoms with E-state index in [4.69, 9.17) is 0 Å². The number of nitrogens with zero attached hydrogens (tertiary/aromatic N) is 2. The summed E-state index contributed by atoms with van der Waals surface area (Å²) in [5.74, 6) is 0. The molecule has 0 fully saturated rings. The first kappa shape index (κ1) is 29.4. The van der Waals surface area contributed by atoms with Gasteiger partial charge in [-0.3, -0.25) is 0 Å². The normalized spacial score (nSPS) is 12.1. The number of hydrogen-bond donors (Lipinski definition) is 0. The molecule has 11 aromatic rings. The molecular formula is C52H32N2. The lowest BCUT2D eigenvalue weighted by molar-refractivity contribution is 1.19. The lowest BCUT2D eigenvalue weighted by Crippen LogP contribution is -1.96. The molecule has 9 aromatic carbocycles. The zero-order valence-electron chi connectivity index (χ0n) is 29.4. The molecule has 54 heavy (non-hydrogen) atoms. The number of rotatable bonds is 3. The van der Waals surface area contributed by atoms with Gasteiger partial charge in [-0.15, -0.1) is 0 Å². The van der Waals surface area contributed by atoms with Crippen LogP contribution in [0.25, 0.3) is 110 Å². The summed E-state index contributed by atoms with van der Waals surface area (Å²) < 4.78 is 4.93. The molecule has 0 N–H and O–H groups in total. The van der Waals surface area contributed by atoms with Crippen molar-refractivity contribution in [3.63, 3.8) is 0 Å². The van der Waals surface area contributed by atoms with Crippen molar-refractivity contribution in [2.24, 2.45) is 0 Å². The third-order valence-electron chi connectivity index (χ3n) is 11.6. The molecule has 1 aliphatic heterocycles. The topological polar surface area (TPSA) is 9.86 Å². The molecule has 1 aliphatic rings. The number of fused-ring (bicyclic) bond motifs is 12. The highest BCUT2D eigenvalue weighted by molar-refractivity contribution is 6.18. The molecule has 3 heterocycles. The lowest BCUT2D eigenvalue weighted by Gasteiger charge is -2.14. The average molecular weight is 685 g/mol. The fraction of sp³-hybridized carbons (Fsp3) is 0. The van der Waals surface area contributed by atoms with E-state index in [0.717, 1.165) is 0 Å². The fourth-order valence-electron chi connectivity index (χ4n) is 9.18. The third-order valence-corrected chi connectivity index (χ3v) is 11.6. The molecule has 250 valence electrons. The highest BCUT2D eigenvalue weighted by Crippen LogP contribution is 2.49. The monoisotopic (exact) mass is 684 g/mol. The minimum Gasteiger partial charge on any atom is -0.309 e. The molecule has 0 saturated heterocycles. The standard InChI is InChI=1S/C52H32N2/c1-2-12-33(13-3-1)36-23-27-51-44(29-36)40-16-6-7-17-41(40)46-31-38(32-47-43-19-9-11-21-49(43)54(51)52(46)47)37-24-26-50-45(30-37)42-18-8-10-20-48(42)53(50)39-25-22-34-14-4-5-15-35(34)28-39/h1-32H. The van der Waals surface area contributed by atoms with E-state index in [-0.39, 0.29) is 0 Å². The van der Waals surface area contributed by atoms with Gasteiger partial charge in [0.15, 0.2) is 0 Å². The molecule has 0 spiro atoms.